The summed E-state index contributed by atoms with van der Waals surface area (Å²) in [5.74, 6) is -0.0306. The van der Waals surface area contributed by atoms with E-state index >= 15 is 0 Å². The minimum absolute atomic E-state index is 0.136. The number of amidine groups is 1. The van der Waals surface area contributed by atoms with Crippen LogP contribution in [0.4, 0.5) is 9.52 Å². The Morgan fingerprint density at radius 3 is 2.75 bits per heavy atom. The van der Waals surface area contributed by atoms with Gasteiger partial charge < -0.3 is 10.6 Å². The van der Waals surface area contributed by atoms with Crippen molar-refractivity contribution in [3.8, 4) is 0 Å². The number of anilines is 1. The van der Waals surface area contributed by atoms with Crippen LogP contribution in [0, 0.1) is 11.2 Å². The predicted molar refractivity (Wildman–Crippen MR) is 81.2 cm³/mol. The van der Waals surface area contributed by atoms with Gasteiger partial charge in [0.25, 0.3) is 0 Å². The maximum Gasteiger partial charge on any atom is 0.208 e. The fourth-order valence-electron chi connectivity index (χ4n) is 1.41. The molecule has 0 saturated heterocycles. The molecular weight excluding hydrogens is 297 g/mol. The highest BCUT2D eigenvalue weighted by Gasteiger charge is 2.09. The van der Waals surface area contributed by atoms with Gasteiger partial charge in [0.1, 0.15) is 11.7 Å². The first-order valence-corrected chi connectivity index (χ1v) is 7.54. The Bertz CT molecular complexity index is 626. The normalized spacial score (nSPS) is 10.6. The first-order valence-electron chi connectivity index (χ1n) is 5.74. The van der Waals surface area contributed by atoms with Gasteiger partial charge in [0, 0.05) is 25.4 Å². The first kappa shape index (κ1) is 14.7. The number of hydrogen-bond donors (Lipinski definition) is 2. The summed E-state index contributed by atoms with van der Waals surface area (Å²) >= 11 is 2.90. The second-order valence-corrected chi connectivity index (χ2v) is 6.43. The van der Waals surface area contributed by atoms with Crippen molar-refractivity contribution < 1.29 is 4.39 Å². The number of nitrogens with zero attached hydrogens (tertiary/aromatic N) is 3. The lowest BCUT2D eigenvalue weighted by Gasteiger charge is -2.04. The molecule has 3 N–H and O–H groups in total. The molecule has 20 heavy (non-hydrogen) atoms. The smallest absolute Gasteiger partial charge is 0.208 e. The first-order chi connectivity index (χ1) is 9.47. The maximum atomic E-state index is 13.8. The SMILES string of the molecule is CN(C)c1nnc(SCc2ccc(C(=N)N)cc2F)s1. The van der Waals surface area contributed by atoms with Crippen LogP contribution in [0.25, 0.3) is 0 Å². The van der Waals surface area contributed by atoms with E-state index < -0.39 is 0 Å². The van der Waals surface area contributed by atoms with Crippen LogP contribution in [0.1, 0.15) is 11.1 Å². The summed E-state index contributed by atoms with van der Waals surface area (Å²) < 4.78 is 14.6. The van der Waals surface area contributed by atoms with Gasteiger partial charge in [-0.1, -0.05) is 35.2 Å². The topological polar surface area (TPSA) is 78.9 Å². The summed E-state index contributed by atoms with van der Waals surface area (Å²) in [5.41, 5.74) is 6.27. The fourth-order valence-corrected chi connectivity index (χ4v) is 3.16. The molecule has 0 radical (unpaired) electrons. The Balaban J connectivity index is 2.05. The molecule has 0 aliphatic heterocycles. The quantitative estimate of drug-likeness (QED) is 0.503. The second kappa shape index (κ2) is 6.19. The van der Waals surface area contributed by atoms with Crippen LogP contribution >= 0.6 is 23.1 Å². The number of benzene rings is 1. The van der Waals surface area contributed by atoms with Gasteiger partial charge in [0.05, 0.1) is 0 Å². The molecule has 0 aliphatic carbocycles. The number of nitrogens with one attached hydrogen (secondary N) is 1. The molecule has 0 fully saturated rings. The van der Waals surface area contributed by atoms with Gasteiger partial charge in [-0.3, -0.25) is 5.41 Å². The molecule has 1 aromatic heterocycles. The van der Waals surface area contributed by atoms with Crippen molar-refractivity contribution >= 4 is 34.1 Å². The zero-order valence-electron chi connectivity index (χ0n) is 11.1. The van der Waals surface area contributed by atoms with Crippen LogP contribution in [0.3, 0.4) is 0 Å². The molecule has 0 amide bonds. The maximum absolute atomic E-state index is 13.8. The number of hydrogen-bond acceptors (Lipinski definition) is 6. The number of halogens is 1. The Morgan fingerprint density at radius 1 is 1.45 bits per heavy atom. The van der Waals surface area contributed by atoms with E-state index in [4.69, 9.17) is 11.1 Å². The molecule has 1 aromatic carbocycles. The number of nitrogen functional groups attached to an aromatic ring is 1. The van der Waals surface area contributed by atoms with Crippen LogP contribution in [-0.2, 0) is 5.75 Å². The third-order valence-corrected chi connectivity index (χ3v) is 4.77. The van der Waals surface area contributed by atoms with Crippen molar-refractivity contribution in [1.29, 1.82) is 5.41 Å². The molecule has 106 valence electrons. The van der Waals surface area contributed by atoms with Crippen LogP contribution < -0.4 is 10.6 Å². The molecule has 8 heteroatoms. The summed E-state index contributed by atoms with van der Waals surface area (Å²) in [5, 5.41) is 16.2. The summed E-state index contributed by atoms with van der Waals surface area (Å²) in [6, 6.07) is 4.57. The highest BCUT2D eigenvalue weighted by Crippen LogP contribution is 2.30. The number of thioether (sulfide) groups is 1. The van der Waals surface area contributed by atoms with Gasteiger partial charge in [-0.05, 0) is 11.6 Å². The van der Waals surface area contributed by atoms with Crippen LogP contribution in [0.5, 0.6) is 0 Å². The molecule has 0 aliphatic rings. The Morgan fingerprint density at radius 2 is 2.20 bits per heavy atom. The van der Waals surface area contributed by atoms with Gasteiger partial charge in [-0.15, -0.1) is 10.2 Å². The molecule has 1 heterocycles. The van der Waals surface area contributed by atoms with Crippen LogP contribution in [0.15, 0.2) is 22.5 Å². The fraction of sp³-hybridized carbons (Fsp3) is 0.250. The standard InChI is InChI=1S/C12H14FN5S2/c1-18(2)11-16-17-12(20-11)19-6-8-4-3-7(10(14)15)5-9(8)13/h3-5H,6H2,1-2H3,(H3,14,15). The number of nitrogens with two attached hydrogens (primary N) is 1. The molecule has 2 rings (SSSR count). The Labute approximate surface area is 124 Å². The Kier molecular flexibility index (Phi) is 4.56. The number of aromatic nitrogens is 2. The summed E-state index contributed by atoms with van der Waals surface area (Å²) in [6.45, 7) is 0. The third kappa shape index (κ3) is 3.45. The summed E-state index contributed by atoms with van der Waals surface area (Å²) in [4.78, 5) is 1.88. The Hall–Kier alpha value is -1.67. The van der Waals surface area contributed by atoms with E-state index in [1.165, 1.54) is 29.2 Å². The van der Waals surface area contributed by atoms with Crippen molar-refractivity contribution in [1.82, 2.24) is 10.2 Å². The molecule has 0 saturated carbocycles. The van der Waals surface area contributed by atoms with Crippen molar-refractivity contribution in [3.05, 3.63) is 35.1 Å². The highest BCUT2D eigenvalue weighted by molar-refractivity contribution is 8.00. The van der Waals surface area contributed by atoms with E-state index in [9.17, 15) is 4.39 Å². The van der Waals surface area contributed by atoms with Crippen LogP contribution in [-0.4, -0.2) is 30.1 Å². The van der Waals surface area contributed by atoms with E-state index in [0.29, 0.717) is 16.9 Å². The number of rotatable bonds is 5. The monoisotopic (exact) mass is 311 g/mol. The molecule has 0 spiro atoms. The predicted octanol–water partition coefficient (Wildman–Crippen LogP) is 2.32. The summed E-state index contributed by atoms with van der Waals surface area (Å²) in [7, 11) is 3.80. The molecule has 5 nitrogen and oxygen atoms in total. The lowest BCUT2D eigenvalue weighted by molar-refractivity contribution is 0.617. The van der Waals surface area contributed by atoms with E-state index in [-0.39, 0.29) is 11.7 Å². The van der Waals surface area contributed by atoms with E-state index in [1.54, 1.807) is 12.1 Å². The van der Waals surface area contributed by atoms with E-state index in [0.717, 1.165) is 9.47 Å². The highest BCUT2D eigenvalue weighted by atomic mass is 32.2. The molecule has 0 atom stereocenters. The van der Waals surface area contributed by atoms with Gasteiger partial charge in [0.2, 0.25) is 5.13 Å². The molecule has 0 unspecified atom stereocenters. The molecule has 0 bridgehead atoms. The average molecular weight is 311 g/mol. The second-order valence-electron chi connectivity index (χ2n) is 4.25. The average Bonchev–Trinajstić information content (AvgIpc) is 2.86. The third-order valence-electron chi connectivity index (χ3n) is 2.49. The van der Waals surface area contributed by atoms with Gasteiger partial charge in [-0.25, -0.2) is 4.39 Å². The summed E-state index contributed by atoms with van der Waals surface area (Å²) in [6.07, 6.45) is 0. The van der Waals surface area contributed by atoms with Crippen molar-refractivity contribution in [3.63, 3.8) is 0 Å². The van der Waals surface area contributed by atoms with Crippen LogP contribution in [0.2, 0.25) is 0 Å². The molecular formula is C12H14FN5S2. The zero-order valence-corrected chi connectivity index (χ0v) is 12.7. The van der Waals surface area contributed by atoms with Gasteiger partial charge in [-0.2, -0.15) is 0 Å². The largest absolute Gasteiger partial charge is 0.384 e. The van der Waals surface area contributed by atoms with Gasteiger partial charge in [0.15, 0.2) is 4.34 Å². The van der Waals surface area contributed by atoms with Crippen molar-refractivity contribution in [2.24, 2.45) is 5.73 Å². The minimum atomic E-state index is -0.359. The van der Waals surface area contributed by atoms with Gasteiger partial charge >= 0.3 is 0 Å². The van der Waals surface area contributed by atoms with E-state index in [2.05, 4.69) is 10.2 Å². The van der Waals surface area contributed by atoms with Crippen molar-refractivity contribution in [2.45, 2.75) is 10.1 Å². The van der Waals surface area contributed by atoms with E-state index in [1.807, 2.05) is 19.0 Å². The minimum Gasteiger partial charge on any atom is -0.384 e. The lowest BCUT2D eigenvalue weighted by Crippen LogP contribution is -2.11. The lowest BCUT2D eigenvalue weighted by atomic mass is 10.1. The molecule has 2 aromatic rings. The zero-order chi connectivity index (χ0) is 14.7. The van der Waals surface area contributed by atoms with Crippen molar-refractivity contribution in [2.75, 3.05) is 19.0 Å².